The highest BCUT2D eigenvalue weighted by Crippen LogP contribution is 2.35. The van der Waals surface area contributed by atoms with Crippen LogP contribution in [0.15, 0.2) is 21.1 Å². The zero-order valence-electron chi connectivity index (χ0n) is 11.0. The van der Waals surface area contributed by atoms with E-state index in [2.05, 4.69) is 49.3 Å². The number of methoxy groups -OCH3 is 1. The number of ether oxygens (including phenoxy) is 1. The van der Waals surface area contributed by atoms with E-state index >= 15 is 0 Å². The Morgan fingerprint density at radius 2 is 1.84 bits per heavy atom. The molecule has 1 aliphatic carbocycles. The van der Waals surface area contributed by atoms with Crippen LogP contribution in [0.25, 0.3) is 0 Å². The van der Waals surface area contributed by atoms with Gasteiger partial charge in [0.1, 0.15) is 5.75 Å². The van der Waals surface area contributed by atoms with E-state index in [9.17, 15) is 5.11 Å². The van der Waals surface area contributed by atoms with E-state index in [1.807, 2.05) is 0 Å². The van der Waals surface area contributed by atoms with E-state index in [4.69, 9.17) is 4.74 Å². The van der Waals surface area contributed by atoms with Gasteiger partial charge in [0.2, 0.25) is 0 Å². The van der Waals surface area contributed by atoms with Crippen LogP contribution in [0, 0.1) is 0 Å². The van der Waals surface area contributed by atoms with Gasteiger partial charge in [-0.15, -0.1) is 0 Å². The predicted molar refractivity (Wildman–Crippen MR) is 83.5 cm³/mol. The summed E-state index contributed by atoms with van der Waals surface area (Å²) in [7, 11) is 1.65. The highest BCUT2D eigenvalue weighted by molar-refractivity contribution is 9.11. The highest BCUT2D eigenvalue weighted by atomic mass is 79.9. The zero-order chi connectivity index (χ0) is 13.9. The minimum atomic E-state index is -0.0844. The number of nitrogens with one attached hydrogen (secondary N) is 1. The monoisotopic (exact) mass is 391 g/mol. The van der Waals surface area contributed by atoms with Crippen molar-refractivity contribution in [2.45, 2.75) is 37.8 Å². The van der Waals surface area contributed by atoms with Gasteiger partial charge >= 0.3 is 0 Å². The number of aliphatic hydroxyl groups excluding tert-OH is 1. The molecule has 1 saturated carbocycles. The number of aliphatic hydroxyl groups is 1. The Kier molecular flexibility index (Phi) is 5.29. The summed E-state index contributed by atoms with van der Waals surface area (Å²) in [6, 6.07) is 4.10. The second kappa shape index (κ2) is 6.57. The molecule has 1 aliphatic rings. The molecule has 1 aromatic carbocycles. The molecular weight excluding hydrogens is 374 g/mol. The lowest BCUT2D eigenvalue weighted by Gasteiger charge is -2.28. The Labute approximate surface area is 131 Å². The Hall–Kier alpha value is -0.100. The molecule has 0 saturated heterocycles. The minimum Gasteiger partial charge on any atom is -0.494 e. The average molecular weight is 393 g/mol. The number of rotatable bonds is 5. The summed E-state index contributed by atoms with van der Waals surface area (Å²) < 4.78 is 7.17. The van der Waals surface area contributed by atoms with Crippen molar-refractivity contribution in [1.82, 2.24) is 5.32 Å². The van der Waals surface area contributed by atoms with Crippen LogP contribution in [0.5, 0.6) is 5.75 Å². The lowest BCUT2D eigenvalue weighted by Crippen LogP contribution is -2.45. The van der Waals surface area contributed by atoms with Crippen LogP contribution in [0.4, 0.5) is 0 Å². The molecular formula is C14H19Br2NO2. The smallest absolute Gasteiger partial charge is 0.147 e. The van der Waals surface area contributed by atoms with Gasteiger partial charge in [-0.3, -0.25) is 0 Å². The molecule has 19 heavy (non-hydrogen) atoms. The molecule has 0 heterocycles. The second-order valence-corrected chi connectivity index (χ2v) is 6.80. The maximum Gasteiger partial charge on any atom is 0.147 e. The van der Waals surface area contributed by atoms with Crippen LogP contribution in [-0.2, 0) is 6.54 Å². The lowest BCUT2D eigenvalue weighted by molar-refractivity contribution is 0.163. The Bertz CT molecular complexity index is 422. The Morgan fingerprint density at radius 3 is 2.32 bits per heavy atom. The van der Waals surface area contributed by atoms with Gasteiger partial charge in [0.15, 0.2) is 0 Å². The van der Waals surface area contributed by atoms with Gasteiger partial charge in [0, 0.05) is 12.1 Å². The molecule has 2 N–H and O–H groups in total. The van der Waals surface area contributed by atoms with Crippen molar-refractivity contribution in [2.75, 3.05) is 13.7 Å². The van der Waals surface area contributed by atoms with Crippen LogP contribution >= 0.6 is 31.9 Å². The molecule has 3 nitrogen and oxygen atoms in total. The summed E-state index contributed by atoms with van der Waals surface area (Å²) in [5.41, 5.74) is 1.08. The molecule has 0 atom stereocenters. The van der Waals surface area contributed by atoms with Gasteiger partial charge in [-0.05, 0) is 62.4 Å². The van der Waals surface area contributed by atoms with Crippen molar-refractivity contribution in [3.05, 3.63) is 26.6 Å². The standard InChI is InChI=1S/C14H19Br2NO2/c1-19-13-11(15)6-10(7-12(13)16)8-17-14(9-18)4-2-3-5-14/h6-7,17-18H,2-5,8-9H2,1H3. The molecule has 0 amide bonds. The van der Waals surface area contributed by atoms with Gasteiger partial charge < -0.3 is 15.2 Å². The first-order valence-electron chi connectivity index (χ1n) is 6.48. The van der Waals surface area contributed by atoms with E-state index in [0.29, 0.717) is 0 Å². The number of halogens is 2. The molecule has 0 aliphatic heterocycles. The van der Waals surface area contributed by atoms with E-state index in [0.717, 1.165) is 34.1 Å². The fraction of sp³-hybridized carbons (Fsp3) is 0.571. The molecule has 0 spiro atoms. The van der Waals surface area contributed by atoms with Crippen LogP contribution < -0.4 is 10.1 Å². The summed E-state index contributed by atoms with van der Waals surface area (Å²) in [6.07, 6.45) is 4.51. The molecule has 0 aromatic heterocycles. The third-order valence-corrected chi connectivity index (χ3v) is 4.97. The Morgan fingerprint density at radius 1 is 1.26 bits per heavy atom. The minimum absolute atomic E-state index is 0.0844. The summed E-state index contributed by atoms with van der Waals surface area (Å²) >= 11 is 7.02. The van der Waals surface area contributed by atoms with Crippen molar-refractivity contribution >= 4 is 31.9 Å². The summed E-state index contributed by atoms with van der Waals surface area (Å²) in [5, 5.41) is 13.1. The Balaban J connectivity index is 2.07. The molecule has 1 fully saturated rings. The quantitative estimate of drug-likeness (QED) is 0.804. The van der Waals surface area contributed by atoms with E-state index in [1.165, 1.54) is 18.4 Å². The molecule has 0 radical (unpaired) electrons. The number of hydrogen-bond donors (Lipinski definition) is 2. The average Bonchev–Trinajstić information content (AvgIpc) is 2.86. The van der Waals surface area contributed by atoms with E-state index in [-0.39, 0.29) is 12.1 Å². The number of benzene rings is 1. The van der Waals surface area contributed by atoms with Crippen molar-refractivity contribution in [3.8, 4) is 5.75 Å². The van der Waals surface area contributed by atoms with Gasteiger partial charge in [-0.2, -0.15) is 0 Å². The predicted octanol–water partition coefficient (Wildman–Crippen LogP) is 3.61. The van der Waals surface area contributed by atoms with Crippen LogP contribution in [0.1, 0.15) is 31.2 Å². The molecule has 0 bridgehead atoms. The molecule has 106 valence electrons. The molecule has 5 heteroatoms. The molecule has 0 unspecified atom stereocenters. The van der Waals surface area contributed by atoms with Crippen LogP contribution in [0.3, 0.4) is 0 Å². The third kappa shape index (κ3) is 3.51. The lowest BCUT2D eigenvalue weighted by atomic mass is 9.98. The van der Waals surface area contributed by atoms with E-state index < -0.39 is 0 Å². The van der Waals surface area contributed by atoms with Gasteiger partial charge in [-0.1, -0.05) is 12.8 Å². The first-order valence-corrected chi connectivity index (χ1v) is 8.07. The second-order valence-electron chi connectivity index (χ2n) is 5.09. The maximum atomic E-state index is 9.58. The summed E-state index contributed by atoms with van der Waals surface area (Å²) in [5.74, 6) is 0.807. The van der Waals surface area contributed by atoms with Crippen LogP contribution in [0.2, 0.25) is 0 Å². The van der Waals surface area contributed by atoms with Gasteiger partial charge in [0.05, 0.1) is 22.7 Å². The topological polar surface area (TPSA) is 41.5 Å². The zero-order valence-corrected chi connectivity index (χ0v) is 14.2. The van der Waals surface area contributed by atoms with Gasteiger partial charge in [0.25, 0.3) is 0 Å². The molecule has 2 rings (SSSR count). The van der Waals surface area contributed by atoms with Crippen molar-refractivity contribution < 1.29 is 9.84 Å². The van der Waals surface area contributed by atoms with Crippen molar-refractivity contribution in [2.24, 2.45) is 0 Å². The summed E-state index contributed by atoms with van der Waals surface area (Å²) in [6.45, 7) is 0.966. The largest absolute Gasteiger partial charge is 0.494 e. The number of hydrogen-bond acceptors (Lipinski definition) is 3. The SMILES string of the molecule is COc1c(Br)cc(CNC2(CO)CCCC2)cc1Br. The summed E-state index contributed by atoms with van der Waals surface area (Å²) in [4.78, 5) is 0. The maximum absolute atomic E-state index is 9.58. The van der Waals surface area contributed by atoms with Gasteiger partial charge in [-0.25, -0.2) is 0 Å². The van der Waals surface area contributed by atoms with Crippen LogP contribution in [-0.4, -0.2) is 24.4 Å². The normalized spacial score (nSPS) is 17.7. The first kappa shape index (κ1) is 15.3. The highest BCUT2D eigenvalue weighted by Gasteiger charge is 2.32. The van der Waals surface area contributed by atoms with Crippen molar-refractivity contribution in [3.63, 3.8) is 0 Å². The van der Waals surface area contributed by atoms with Crippen molar-refractivity contribution in [1.29, 1.82) is 0 Å². The fourth-order valence-electron chi connectivity index (χ4n) is 2.64. The first-order chi connectivity index (χ1) is 9.10. The fourth-order valence-corrected chi connectivity index (χ4v) is 4.25. The third-order valence-electron chi connectivity index (χ3n) is 3.79. The molecule has 1 aromatic rings. The van der Waals surface area contributed by atoms with E-state index in [1.54, 1.807) is 7.11 Å².